The van der Waals surface area contributed by atoms with Crippen molar-refractivity contribution in [3.05, 3.63) is 54.6 Å². The molecule has 0 aliphatic heterocycles. The molecule has 0 saturated heterocycles. The zero-order valence-corrected chi connectivity index (χ0v) is 16.4. The van der Waals surface area contributed by atoms with Crippen LogP contribution in [0.1, 0.15) is 31.8 Å². The number of phenolic OH excluding ortho intramolecular Hbond substituents is 2. The van der Waals surface area contributed by atoms with Gasteiger partial charge < -0.3 is 10.2 Å². The van der Waals surface area contributed by atoms with Crippen molar-refractivity contribution < 1.29 is 55.6 Å². The maximum absolute atomic E-state index is 12.9. The van der Waals surface area contributed by atoms with Gasteiger partial charge in [0.05, 0.1) is 21.0 Å². The van der Waals surface area contributed by atoms with Crippen LogP contribution >= 0.6 is 0 Å². The van der Waals surface area contributed by atoms with Gasteiger partial charge in [-0.2, -0.15) is 16.8 Å². The Labute approximate surface area is 273 Å². The number of phenols is 2. The van der Waals surface area contributed by atoms with Crippen molar-refractivity contribution in [2.24, 2.45) is 0 Å². The molecule has 16 nitrogen and oxygen atoms in total. The number of benzene rings is 2. The summed E-state index contributed by atoms with van der Waals surface area (Å²) in [6.07, 6.45) is 0. The normalized spacial score (nSPS) is 12.6. The first-order valence-electron chi connectivity index (χ1n) is 7.63. The fraction of sp³-hybridized carbons (Fsp3) is 0. The molecule has 0 fully saturated rings. The number of hydrogen-bond acceptors (Lipinski definition) is 12. The summed E-state index contributed by atoms with van der Waals surface area (Å²) in [5, 5.41) is 43.1. The van der Waals surface area contributed by atoms with Gasteiger partial charge in [-0.05, 0) is 0 Å². The van der Waals surface area contributed by atoms with Crippen LogP contribution in [0.25, 0.3) is 0 Å². The van der Waals surface area contributed by atoms with E-state index >= 15 is 0 Å². The summed E-state index contributed by atoms with van der Waals surface area (Å²) in [4.78, 5) is 42.7. The Morgan fingerprint density at radius 2 is 0.912 bits per heavy atom. The number of rotatable bonds is 4. The third-order valence-corrected chi connectivity index (χ3v) is 6.08. The van der Waals surface area contributed by atoms with Gasteiger partial charge in [0, 0.05) is 12.1 Å². The van der Waals surface area contributed by atoms with Crippen molar-refractivity contribution >= 4 is 146 Å². The Morgan fingerprint density at radius 1 is 0.647 bits per heavy atom. The van der Waals surface area contributed by atoms with E-state index in [1.165, 1.54) is 0 Å². The van der Waals surface area contributed by atoms with E-state index in [4.69, 9.17) is 0 Å². The van der Waals surface area contributed by atoms with Crippen LogP contribution in [0.3, 0.4) is 0 Å². The Bertz CT molecular complexity index is 1420. The molecule has 3 rings (SSSR count). The standard InChI is InChI=1S/C14H6N2O14S2.2K.2H/c17-11-5(31(25,26)27)1-3(15(21)22)7-9(11)14(20)10-8(13(7)19)4(16(23)24)2-6(12(10)18)32(28,29)30;;;;/h1-2,17-18H,(H,25,26,27)(H,28,29,30);;;;. The van der Waals surface area contributed by atoms with E-state index in [2.05, 4.69) is 0 Å². The Morgan fingerprint density at radius 3 is 1.15 bits per heavy atom. The fourth-order valence-electron chi connectivity index (χ4n) is 3.10. The van der Waals surface area contributed by atoms with Crippen LogP contribution in [-0.4, -0.2) is 160 Å². The topological polar surface area (TPSA) is 270 Å². The van der Waals surface area contributed by atoms with Gasteiger partial charge in [-0.25, -0.2) is 0 Å². The van der Waals surface area contributed by atoms with Gasteiger partial charge in [-0.15, -0.1) is 0 Å². The van der Waals surface area contributed by atoms with E-state index in [1.54, 1.807) is 0 Å². The minimum atomic E-state index is -5.43. The van der Waals surface area contributed by atoms with Gasteiger partial charge in [0.25, 0.3) is 31.6 Å². The second-order valence-electron chi connectivity index (χ2n) is 6.11. The molecule has 1 aliphatic carbocycles. The van der Waals surface area contributed by atoms with Gasteiger partial charge in [-0.3, -0.25) is 38.9 Å². The molecule has 0 atom stereocenters. The van der Waals surface area contributed by atoms with Crippen LogP contribution in [0.2, 0.25) is 0 Å². The molecule has 0 radical (unpaired) electrons. The Balaban J connectivity index is 0.00000289. The molecule has 172 valence electrons. The summed E-state index contributed by atoms with van der Waals surface area (Å²) in [5.41, 5.74) is -8.47. The molecular formula is C14H8K2N2O14S2. The minimum absolute atomic E-state index is 0. The van der Waals surface area contributed by atoms with Crippen molar-refractivity contribution in [3.8, 4) is 11.5 Å². The Kier molecular flexibility index (Phi) is 9.51. The summed E-state index contributed by atoms with van der Waals surface area (Å²) < 4.78 is 64.3. The van der Waals surface area contributed by atoms with Crippen molar-refractivity contribution in [2.45, 2.75) is 9.79 Å². The SMILES string of the molecule is O=C1c2c([N+](=O)[O-])cc(S(=O)(=O)O)c(O)c2C(=O)c2c(O)c(S(=O)(=O)O)cc([N+](=O)[O-])c21.[KH].[KH]. The molecule has 1 aliphatic rings. The molecule has 0 amide bonds. The molecule has 0 unspecified atom stereocenters. The van der Waals surface area contributed by atoms with Crippen LogP contribution in [0, 0.1) is 20.2 Å². The second-order valence-corrected chi connectivity index (χ2v) is 8.89. The first kappa shape index (κ1) is 31.3. The summed E-state index contributed by atoms with van der Waals surface area (Å²) >= 11 is 0. The molecule has 0 heterocycles. The molecular weight excluding hydrogens is 562 g/mol. The third-order valence-electron chi connectivity index (χ3n) is 4.35. The van der Waals surface area contributed by atoms with Gasteiger partial charge in [0.15, 0.2) is 0 Å². The van der Waals surface area contributed by atoms with Crippen LogP contribution in [0.4, 0.5) is 11.4 Å². The molecule has 0 aromatic heterocycles. The van der Waals surface area contributed by atoms with Gasteiger partial charge >= 0.3 is 103 Å². The van der Waals surface area contributed by atoms with Crippen LogP contribution in [-0.2, 0) is 20.2 Å². The van der Waals surface area contributed by atoms with Crippen molar-refractivity contribution in [1.82, 2.24) is 0 Å². The van der Waals surface area contributed by atoms with Crippen LogP contribution in [0.15, 0.2) is 21.9 Å². The number of fused-ring (bicyclic) bond motifs is 2. The second kappa shape index (κ2) is 10.3. The number of carbonyl (C=O) groups excluding carboxylic acids is 2. The van der Waals surface area contributed by atoms with E-state index in [0.29, 0.717) is 0 Å². The van der Waals surface area contributed by atoms with E-state index in [-0.39, 0.29) is 115 Å². The van der Waals surface area contributed by atoms with Crippen molar-refractivity contribution in [3.63, 3.8) is 0 Å². The predicted molar refractivity (Wildman–Crippen MR) is 110 cm³/mol. The molecule has 2 aromatic rings. The number of nitro benzene ring substituents is 2. The monoisotopic (exact) mass is 570 g/mol. The summed E-state index contributed by atoms with van der Waals surface area (Å²) in [7, 11) is -10.9. The van der Waals surface area contributed by atoms with Gasteiger partial charge in [0.2, 0.25) is 11.6 Å². The summed E-state index contributed by atoms with van der Waals surface area (Å²) in [6, 6.07) is 0.0514. The van der Waals surface area contributed by atoms with E-state index in [0.717, 1.165) is 0 Å². The van der Waals surface area contributed by atoms with Crippen LogP contribution < -0.4 is 0 Å². The summed E-state index contributed by atoms with van der Waals surface area (Å²) in [6.45, 7) is 0. The summed E-state index contributed by atoms with van der Waals surface area (Å²) in [5.74, 6) is -6.94. The predicted octanol–water partition coefficient (Wildman–Crippen LogP) is -1.11. The van der Waals surface area contributed by atoms with Gasteiger partial charge in [0.1, 0.15) is 32.4 Å². The van der Waals surface area contributed by atoms with E-state index in [9.17, 15) is 66.0 Å². The average molecular weight is 571 g/mol. The van der Waals surface area contributed by atoms with Crippen molar-refractivity contribution in [2.75, 3.05) is 0 Å². The molecule has 0 spiro atoms. The Hall–Kier alpha value is -0.727. The molecule has 0 saturated carbocycles. The number of carbonyl (C=O) groups is 2. The number of aromatic hydroxyl groups is 2. The number of nitrogens with zero attached hydrogens (tertiary/aromatic N) is 2. The van der Waals surface area contributed by atoms with Crippen molar-refractivity contribution in [1.29, 1.82) is 0 Å². The molecule has 2 aromatic carbocycles. The molecule has 4 N–H and O–H groups in total. The van der Waals surface area contributed by atoms with E-state index < -0.39 is 96.6 Å². The first-order valence-corrected chi connectivity index (χ1v) is 10.5. The zero-order chi connectivity index (χ0) is 24.5. The average Bonchev–Trinajstić information content (AvgIpc) is 2.62. The van der Waals surface area contributed by atoms with Gasteiger partial charge in [-0.1, -0.05) is 0 Å². The van der Waals surface area contributed by atoms with Crippen LogP contribution in [0.5, 0.6) is 11.5 Å². The quantitative estimate of drug-likeness (QED) is 0.125. The third kappa shape index (κ3) is 5.06. The number of hydrogen-bond donors (Lipinski definition) is 4. The first-order chi connectivity index (χ1) is 14.5. The fourth-order valence-corrected chi connectivity index (χ4v) is 4.32. The molecule has 20 heteroatoms. The molecule has 34 heavy (non-hydrogen) atoms. The number of nitro groups is 2. The zero-order valence-electron chi connectivity index (χ0n) is 14.7. The van der Waals surface area contributed by atoms with E-state index in [1.807, 2.05) is 0 Å². The molecule has 0 bridgehead atoms. The number of ketones is 2. The maximum atomic E-state index is 12.9.